The fourth-order valence-electron chi connectivity index (χ4n) is 2.81. The van der Waals surface area contributed by atoms with Gasteiger partial charge >= 0.3 is 0 Å². The Morgan fingerprint density at radius 1 is 1.12 bits per heavy atom. The van der Waals surface area contributed by atoms with Crippen molar-refractivity contribution in [2.75, 3.05) is 0 Å². The van der Waals surface area contributed by atoms with Gasteiger partial charge in [-0.1, -0.05) is 49.4 Å². The summed E-state index contributed by atoms with van der Waals surface area (Å²) in [6.07, 6.45) is 0. The van der Waals surface area contributed by atoms with Crippen LogP contribution in [-0.2, 0) is 18.4 Å². The number of nitrogens with one attached hydrogen (secondary N) is 1. The largest absolute Gasteiger partial charge is 0.349 e. The third kappa shape index (κ3) is 4.55. The molecule has 5 nitrogen and oxygen atoms in total. The van der Waals surface area contributed by atoms with Gasteiger partial charge in [0.05, 0.1) is 23.5 Å². The van der Waals surface area contributed by atoms with E-state index in [1.165, 1.54) is 0 Å². The number of amides is 1. The zero-order chi connectivity index (χ0) is 17.1. The molecule has 0 aliphatic rings. The number of carbonyl (C=O) groups is 1. The van der Waals surface area contributed by atoms with E-state index in [4.69, 9.17) is 5.73 Å². The first-order valence-corrected chi connectivity index (χ1v) is 8.06. The SMILES string of the molecule is CC(C(=O)NCc1nc2ccccc2n1C)C(N)c1ccccc1.Cl.Cl. The van der Waals surface area contributed by atoms with Crippen LogP contribution in [0.25, 0.3) is 11.0 Å². The number of carbonyl (C=O) groups excluding carboxylic acids is 1. The second-order valence-electron chi connectivity index (χ2n) is 6.02. The van der Waals surface area contributed by atoms with E-state index in [-0.39, 0.29) is 42.7 Å². The Morgan fingerprint density at radius 2 is 1.73 bits per heavy atom. The molecule has 1 heterocycles. The van der Waals surface area contributed by atoms with E-state index in [1.54, 1.807) is 0 Å². The normalized spacial score (nSPS) is 12.6. The van der Waals surface area contributed by atoms with Gasteiger partial charge in [-0.3, -0.25) is 4.79 Å². The Morgan fingerprint density at radius 3 is 2.38 bits per heavy atom. The van der Waals surface area contributed by atoms with E-state index in [2.05, 4.69) is 10.3 Å². The van der Waals surface area contributed by atoms with Gasteiger partial charge in [0.15, 0.2) is 0 Å². The van der Waals surface area contributed by atoms with Crippen LogP contribution in [-0.4, -0.2) is 15.5 Å². The number of nitrogens with two attached hydrogens (primary N) is 1. The fourth-order valence-corrected chi connectivity index (χ4v) is 2.81. The number of aromatic nitrogens is 2. The van der Waals surface area contributed by atoms with Crippen LogP contribution in [0, 0.1) is 5.92 Å². The molecule has 0 fully saturated rings. The second kappa shape index (κ2) is 9.57. The van der Waals surface area contributed by atoms with Crippen LogP contribution in [0.2, 0.25) is 0 Å². The average Bonchev–Trinajstić information content (AvgIpc) is 2.95. The second-order valence-corrected chi connectivity index (χ2v) is 6.02. The molecule has 0 saturated heterocycles. The van der Waals surface area contributed by atoms with Gasteiger partial charge in [0, 0.05) is 13.1 Å². The summed E-state index contributed by atoms with van der Waals surface area (Å²) in [5.41, 5.74) is 9.16. The molecule has 0 saturated carbocycles. The minimum absolute atomic E-state index is 0. The maximum atomic E-state index is 12.4. The van der Waals surface area contributed by atoms with E-state index >= 15 is 0 Å². The van der Waals surface area contributed by atoms with Crippen molar-refractivity contribution < 1.29 is 4.79 Å². The van der Waals surface area contributed by atoms with Gasteiger partial charge in [-0.05, 0) is 17.7 Å². The monoisotopic (exact) mass is 394 g/mol. The van der Waals surface area contributed by atoms with Gasteiger partial charge in [-0.15, -0.1) is 24.8 Å². The number of nitrogens with zero attached hydrogens (tertiary/aromatic N) is 2. The first kappa shape index (κ1) is 22.0. The summed E-state index contributed by atoms with van der Waals surface area (Å²) in [7, 11) is 1.95. The lowest BCUT2D eigenvalue weighted by atomic mass is 9.95. The van der Waals surface area contributed by atoms with Crippen molar-refractivity contribution in [1.29, 1.82) is 0 Å². The lowest BCUT2D eigenvalue weighted by Crippen LogP contribution is -2.35. The van der Waals surface area contributed by atoms with Crippen molar-refractivity contribution in [2.45, 2.75) is 19.5 Å². The molecule has 0 spiro atoms. The number of hydrogen-bond acceptors (Lipinski definition) is 3. The summed E-state index contributed by atoms with van der Waals surface area (Å²) in [5, 5.41) is 2.95. The highest BCUT2D eigenvalue weighted by Crippen LogP contribution is 2.19. The molecule has 1 amide bonds. The van der Waals surface area contributed by atoms with Crippen LogP contribution in [0.4, 0.5) is 0 Å². The number of aryl methyl sites for hydroxylation is 1. The van der Waals surface area contributed by atoms with Crippen LogP contribution < -0.4 is 11.1 Å². The maximum absolute atomic E-state index is 12.4. The first-order chi connectivity index (χ1) is 11.6. The summed E-state index contributed by atoms with van der Waals surface area (Å²) in [6, 6.07) is 17.3. The molecule has 2 unspecified atom stereocenters. The number of para-hydroxylation sites is 2. The molecule has 1 aromatic heterocycles. The predicted octanol–water partition coefficient (Wildman–Crippen LogP) is 3.37. The molecule has 2 aromatic carbocycles. The Bertz CT molecular complexity index is 851. The standard InChI is InChI=1S/C19H22N4O.2ClH/c1-13(18(20)14-8-4-3-5-9-14)19(24)21-12-17-22-15-10-6-7-11-16(15)23(17)2;;/h3-11,13,18H,12,20H2,1-2H3,(H,21,24);2*1H. The van der Waals surface area contributed by atoms with E-state index in [0.717, 1.165) is 22.4 Å². The van der Waals surface area contributed by atoms with E-state index in [1.807, 2.05) is 73.1 Å². The van der Waals surface area contributed by atoms with Crippen molar-refractivity contribution >= 4 is 41.8 Å². The minimum atomic E-state index is -0.327. The van der Waals surface area contributed by atoms with Gasteiger partial charge in [0.2, 0.25) is 5.91 Å². The minimum Gasteiger partial charge on any atom is -0.349 e. The van der Waals surface area contributed by atoms with Crippen LogP contribution in [0.15, 0.2) is 54.6 Å². The Kier molecular flexibility index (Phi) is 8.08. The highest BCUT2D eigenvalue weighted by molar-refractivity contribution is 5.85. The lowest BCUT2D eigenvalue weighted by Gasteiger charge is -2.19. The molecule has 2 atom stereocenters. The van der Waals surface area contributed by atoms with Gasteiger partial charge < -0.3 is 15.6 Å². The van der Waals surface area contributed by atoms with Gasteiger partial charge in [0.25, 0.3) is 0 Å². The zero-order valence-corrected chi connectivity index (χ0v) is 16.4. The Balaban J connectivity index is 0.00000169. The quantitative estimate of drug-likeness (QED) is 0.696. The predicted molar refractivity (Wildman–Crippen MR) is 110 cm³/mol. The molecule has 0 aliphatic carbocycles. The smallest absolute Gasteiger partial charge is 0.225 e. The van der Waals surface area contributed by atoms with Crippen LogP contribution in [0.5, 0.6) is 0 Å². The number of hydrogen-bond donors (Lipinski definition) is 2. The molecule has 3 N–H and O–H groups in total. The molecule has 0 aliphatic heterocycles. The molecule has 140 valence electrons. The summed E-state index contributed by atoms with van der Waals surface area (Å²) >= 11 is 0. The highest BCUT2D eigenvalue weighted by atomic mass is 35.5. The molecule has 3 aromatic rings. The number of fused-ring (bicyclic) bond motifs is 1. The molecule has 7 heteroatoms. The Hall–Kier alpha value is -2.08. The molecule has 0 radical (unpaired) electrons. The van der Waals surface area contributed by atoms with Crippen molar-refractivity contribution in [3.8, 4) is 0 Å². The number of benzene rings is 2. The summed E-state index contributed by atoms with van der Waals surface area (Å²) < 4.78 is 2.00. The highest BCUT2D eigenvalue weighted by Gasteiger charge is 2.22. The van der Waals surface area contributed by atoms with Crippen molar-refractivity contribution in [1.82, 2.24) is 14.9 Å². The van der Waals surface area contributed by atoms with Crippen molar-refractivity contribution in [3.63, 3.8) is 0 Å². The van der Waals surface area contributed by atoms with Gasteiger partial charge in [-0.2, -0.15) is 0 Å². The van der Waals surface area contributed by atoms with Crippen LogP contribution in [0.1, 0.15) is 24.4 Å². The number of halogens is 2. The summed E-state index contributed by atoms with van der Waals surface area (Å²) in [5.74, 6) is 0.436. The topological polar surface area (TPSA) is 72.9 Å². The molecular weight excluding hydrogens is 371 g/mol. The number of rotatable bonds is 5. The van der Waals surface area contributed by atoms with Crippen molar-refractivity contribution in [2.24, 2.45) is 18.7 Å². The third-order valence-electron chi connectivity index (χ3n) is 4.44. The van der Waals surface area contributed by atoms with Crippen LogP contribution >= 0.6 is 24.8 Å². The third-order valence-corrected chi connectivity index (χ3v) is 4.44. The average molecular weight is 395 g/mol. The van der Waals surface area contributed by atoms with E-state index in [9.17, 15) is 4.79 Å². The van der Waals surface area contributed by atoms with Gasteiger partial charge in [-0.25, -0.2) is 4.98 Å². The molecular formula is C19H24Cl2N4O. The Labute approximate surface area is 165 Å². The van der Waals surface area contributed by atoms with Gasteiger partial charge in [0.1, 0.15) is 5.82 Å². The lowest BCUT2D eigenvalue weighted by molar-refractivity contribution is -0.125. The fraction of sp³-hybridized carbons (Fsp3) is 0.263. The first-order valence-electron chi connectivity index (χ1n) is 8.06. The molecule has 0 bridgehead atoms. The summed E-state index contributed by atoms with van der Waals surface area (Å²) in [6.45, 7) is 2.23. The van der Waals surface area contributed by atoms with E-state index < -0.39 is 0 Å². The van der Waals surface area contributed by atoms with E-state index in [0.29, 0.717) is 6.54 Å². The summed E-state index contributed by atoms with van der Waals surface area (Å²) in [4.78, 5) is 17.0. The van der Waals surface area contributed by atoms with Crippen LogP contribution in [0.3, 0.4) is 0 Å². The number of imidazole rings is 1. The van der Waals surface area contributed by atoms with Crippen molar-refractivity contribution in [3.05, 3.63) is 66.0 Å². The zero-order valence-electron chi connectivity index (χ0n) is 14.8. The molecule has 26 heavy (non-hydrogen) atoms. The molecule has 3 rings (SSSR count). The maximum Gasteiger partial charge on any atom is 0.225 e.